The topological polar surface area (TPSA) is 55.1 Å². The van der Waals surface area contributed by atoms with Gasteiger partial charge >= 0.3 is 0 Å². The molecule has 0 aliphatic carbocycles. The summed E-state index contributed by atoms with van der Waals surface area (Å²) < 4.78 is 46.4. The van der Waals surface area contributed by atoms with Crippen molar-refractivity contribution in [1.29, 1.82) is 0 Å². The third kappa shape index (κ3) is 5.87. The van der Waals surface area contributed by atoms with Crippen molar-refractivity contribution >= 4 is 17.7 Å². The lowest BCUT2D eigenvalue weighted by atomic mass is 10.1. The van der Waals surface area contributed by atoms with Crippen molar-refractivity contribution in [3.05, 3.63) is 77.6 Å². The van der Waals surface area contributed by atoms with Crippen LogP contribution in [0.1, 0.15) is 17.9 Å². The second-order valence-electron chi connectivity index (χ2n) is 6.21. The summed E-state index contributed by atoms with van der Waals surface area (Å²) in [4.78, 5) is 15.9. The average molecular weight is 420 g/mol. The van der Waals surface area contributed by atoms with Crippen molar-refractivity contribution in [3.63, 3.8) is 0 Å². The summed E-state index contributed by atoms with van der Waals surface area (Å²) in [7, 11) is 0. The largest absolute Gasteiger partial charge is 0.441 e. The lowest BCUT2D eigenvalue weighted by Crippen LogP contribution is -2.26. The van der Waals surface area contributed by atoms with E-state index in [2.05, 4.69) is 10.3 Å². The highest BCUT2D eigenvalue weighted by Gasteiger charge is 2.16. The second-order valence-corrected chi connectivity index (χ2v) is 7.31. The number of carbonyl (C=O) groups excluding carboxylic acids is 1. The molecule has 0 aliphatic rings. The number of nitrogens with zero attached hydrogens (tertiary/aromatic N) is 1. The lowest BCUT2D eigenvalue weighted by molar-refractivity contribution is -0.121. The number of hydrogen-bond donors (Lipinski definition) is 1. The fourth-order valence-corrected chi connectivity index (χ4v) is 3.49. The standard InChI is InChI=1S/C21H19F3N2O2S/c22-15-5-2-1-4-14(15)13-29-11-10-25-19(27)8-9-20-26-12-18(28-20)21-16(23)6-3-7-17(21)24/h1-7,12H,8-11,13H2,(H,25,27). The quantitative estimate of drug-likeness (QED) is 0.508. The van der Waals surface area contributed by atoms with Crippen molar-refractivity contribution in [2.24, 2.45) is 0 Å². The number of halogens is 3. The summed E-state index contributed by atoms with van der Waals surface area (Å²) in [6.07, 6.45) is 1.59. The smallest absolute Gasteiger partial charge is 0.220 e. The van der Waals surface area contributed by atoms with Crippen LogP contribution in [0.3, 0.4) is 0 Å². The number of thioether (sulfide) groups is 1. The van der Waals surface area contributed by atoms with Crippen LogP contribution in [0.4, 0.5) is 13.2 Å². The highest BCUT2D eigenvalue weighted by Crippen LogP contribution is 2.26. The van der Waals surface area contributed by atoms with Crippen LogP contribution < -0.4 is 5.32 Å². The van der Waals surface area contributed by atoms with Gasteiger partial charge in [-0.1, -0.05) is 24.3 Å². The molecule has 29 heavy (non-hydrogen) atoms. The van der Waals surface area contributed by atoms with Gasteiger partial charge in [0, 0.05) is 30.9 Å². The van der Waals surface area contributed by atoms with Gasteiger partial charge in [-0.15, -0.1) is 0 Å². The summed E-state index contributed by atoms with van der Waals surface area (Å²) in [5.74, 6) is -0.494. The number of nitrogens with one attached hydrogen (secondary N) is 1. The molecule has 1 N–H and O–H groups in total. The van der Waals surface area contributed by atoms with Gasteiger partial charge in [-0.3, -0.25) is 4.79 Å². The highest BCUT2D eigenvalue weighted by atomic mass is 32.2. The normalized spacial score (nSPS) is 10.9. The van der Waals surface area contributed by atoms with Crippen LogP contribution in [0.2, 0.25) is 0 Å². The Morgan fingerprint density at radius 3 is 2.52 bits per heavy atom. The monoisotopic (exact) mass is 420 g/mol. The van der Waals surface area contributed by atoms with E-state index in [0.717, 1.165) is 12.1 Å². The molecule has 0 bridgehead atoms. The summed E-state index contributed by atoms with van der Waals surface area (Å²) in [6, 6.07) is 10.1. The van der Waals surface area contributed by atoms with Crippen LogP contribution in [0.15, 0.2) is 53.1 Å². The fourth-order valence-electron chi connectivity index (χ4n) is 2.64. The van der Waals surface area contributed by atoms with Crippen LogP contribution in [0.5, 0.6) is 0 Å². The molecule has 0 saturated heterocycles. The molecule has 1 amide bonds. The van der Waals surface area contributed by atoms with Crippen LogP contribution >= 0.6 is 11.8 Å². The molecule has 1 aromatic heterocycles. The predicted octanol–water partition coefficient (Wildman–Crippen LogP) is 4.74. The molecule has 8 heteroatoms. The molecule has 152 valence electrons. The minimum Gasteiger partial charge on any atom is -0.441 e. The molecule has 1 heterocycles. The molecule has 4 nitrogen and oxygen atoms in total. The summed E-state index contributed by atoms with van der Waals surface area (Å²) in [5, 5.41) is 2.77. The molecule has 0 saturated carbocycles. The molecule has 2 aromatic carbocycles. The van der Waals surface area contributed by atoms with Gasteiger partial charge in [0.05, 0.1) is 11.8 Å². The van der Waals surface area contributed by atoms with Gasteiger partial charge in [-0.25, -0.2) is 18.2 Å². The van der Waals surface area contributed by atoms with E-state index in [0.29, 0.717) is 23.6 Å². The van der Waals surface area contributed by atoms with Crippen molar-refractivity contribution < 1.29 is 22.4 Å². The molecular formula is C21H19F3N2O2S. The number of benzene rings is 2. The Morgan fingerprint density at radius 2 is 1.76 bits per heavy atom. The number of hydrogen-bond acceptors (Lipinski definition) is 4. The summed E-state index contributed by atoms with van der Waals surface area (Å²) in [6.45, 7) is 0.454. The summed E-state index contributed by atoms with van der Waals surface area (Å²) in [5.41, 5.74) is 0.359. The van der Waals surface area contributed by atoms with E-state index >= 15 is 0 Å². The molecule has 0 spiro atoms. The fraction of sp³-hybridized carbons (Fsp3) is 0.238. The van der Waals surface area contributed by atoms with Crippen molar-refractivity contribution in [2.45, 2.75) is 18.6 Å². The Hall–Kier alpha value is -2.74. The van der Waals surface area contributed by atoms with Crippen LogP contribution in [0.25, 0.3) is 11.3 Å². The van der Waals surface area contributed by atoms with Crippen LogP contribution in [0, 0.1) is 17.5 Å². The summed E-state index contributed by atoms with van der Waals surface area (Å²) >= 11 is 1.52. The van der Waals surface area contributed by atoms with Crippen molar-refractivity contribution in [3.8, 4) is 11.3 Å². The van der Waals surface area contributed by atoms with Gasteiger partial charge in [0.2, 0.25) is 5.91 Å². The zero-order valence-electron chi connectivity index (χ0n) is 15.5. The Kier molecular flexibility index (Phi) is 7.35. The van der Waals surface area contributed by atoms with E-state index in [1.54, 1.807) is 18.2 Å². The van der Waals surface area contributed by atoms with Crippen molar-refractivity contribution in [1.82, 2.24) is 10.3 Å². The van der Waals surface area contributed by atoms with E-state index in [1.807, 2.05) is 0 Å². The van der Waals surface area contributed by atoms with Gasteiger partial charge in [0.1, 0.15) is 17.5 Å². The van der Waals surface area contributed by atoms with Crippen LogP contribution in [-0.4, -0.2) is 23.2 Å². The van der Waals surface area contributed by atoms with Gasteiger partial charge in [-0.05, 0) is 23.8 Å². The lowest BCUT2D eigenvalue weighted by Gasteiger charge is -2.05. The number of rotatable bonds is 9. The zero-order chi connectivity index (χ0) is 20.6. The highest BCUT2D eigenvalue weighted by molar-refractivity contribution is 7.98. The number of oxazole rings is 1. The zero-order valence-corrected chi connectivity index (χ0v) is 16.3. The van der Waals surface area contributed by atoms with Gasteiger partial charge in [0.15, 0.2) is 11.7 Å². The molecule has 0 radical (unpaired) electrons. The minimum atomic E-state index is -0.738. The number of amides is 1. The molecule has 0 fully saturated rings. The predicted molar refractivity (Wildman–Crippen MR) is 106 cm³/mol. The van der Waals surface area contributed by atoms with Crippen LogP contribution in [-0.2, 0) is 17.0 Å². The first-order valence-electron chi connectivity index (χ1n) is 9.01. The Balaban J connectivity index is 1.39. The van der Waals surface area contributed by atoms with Crippen molar-refractivity contribution in [2.75, 3.05) is 12.3 Å². The van der Waals surface area contributed by atoms with Gasteiger partial charge in [0.25, 0.3) is 0 Å². The Labute approximate surface area is 170 Å². The van der Waals surface area contributed by atoms with E-state index < -0.39 is 11.6 Å². The third-order valence-electron chi connectivity index (χ3n) is 4.11. The second kappa shape index (κ2) is 10.2. The molecule has 3 rings (SSSR count). The van der Waals surface area contributed by atoms with E-state index in [1.165, 1.54) is 30.1 Å². The molecule has 0 atom stereocenters. The minimum absolute atomic E-state index is 0.0134. The number of aromatic nitrogens is 1. The maximum absolute atomic E-state index is 13.8. The number of carbonyl (C=O) groups is 1. The maximum Gasteiger partial charge on any atom is 0.220 e. The SMILES string of the molecule is O=C(CCc1ncc(-c2c(F)cccc2F)o1)NCCSCc1ccccc1F. The average Bonchev–Trinajstić information content (AvgIpc) is 3.16. The molecule has 0 unspecified atom stereocenters. The Morgan fingerprint density at radius 1 is 1.03 bits per heavy atom. The molecule has 0 aliphatic heterocycles. The maximum atomic E-state index is 13.8. The first kappa shape index (κ1) is 21.0. The first-order valence-corrected chi connectivity index (χ1v) is 10.2. The van der Waals surface area contributed by atoms with E-state index in [9.17, 15) is 18.0 Å². The van der Waals surface area contributed by atoms with Gasteiger partial charge < -0.3 is 9.73 Å². The van der Waals surface area contributed by atoms with E-state index in [4.69, 9.17) is 4.42 Å². The molecule has 3 aromatic rings. The molecular weight excluding hydrogens is 401 g/mol. The first-order chi connectivity index (χ1) is 14.0. The van der Waals surface area contributed by atoms with Gasteiger partial charge in [-0.2, -0.15) is 11.8 Å². The Bertz CT molecular complexity index is 958. The third-order valence-corrected chi connectivity index (χ3v) is 5.12. The van der Waals surface area contributed by atoms with E-state index in [-0.39, 0.29) is 41.8 Å². The number of aryl methyl sites for hydroxylation is 1.